The Morgan fingerprint density at radius 3 is 2.83 bits per heavy atom. The molecule has 18 heavy (non-hydrogen) atoms. The van der Waals surface area contributed by atoms with Crippen LogP contribution in [0.2, 0.25) is 0 Å². The second-order valence-corrected chi connectivity index (χ2v) is 5.62. The van der Waals surface area contributed by atoms with Gasteiger partial charge in [-0.25, -0.2) is 0 Å². The number of anilines is 1. The quantitative estimate of drug-likeness (QED) is 0.787. The molecule has 0 aromatic heterocycles. The Morgan fingerprint density at radius 1 is 1.22 bits per heavy atom. The zero-order valence-corrected chi connectivity index (χ0v) is 11.4. The van der Waals surface area contributed by atoms with Crippen LogP contribution in [-0.4, -0.2) is 6.04 Å². The average molecular weight is 242 g/mol. The van der Waals surface area contributed by atoms with Crippen LogP contribution in [0.5, 0.6) is 0 Å². The minimum Gasteiger partial charge on any atom is -0.381 e. The number of hydrogen-bond acceptors (Lipinski definition) is 2. The molecular formula is C16H22N2. The van der Waals surface area contributed by atoms with E-state index in [9.17, 15) is 5.26 Å². The van der Waals surface area contributed by atoms with Crippen LogP contribution >= 0.6 is 0 Å². The molecule has 2 atom stereocenters. The number of nitrogens with one attached hydrogen (secondary N) is 1. The van der Waals surface area contributed by atoms with Gasteiger partial charge in [-0.3, -0.25) is 0 Å². The molecule has 1 saturated carbocycles. The third-order valence-corrected chi connectivity index (χ3v) is 3.91. The van der Waals surface area contributed by atoms with Crippen LogP contribution in [-0.2, 0) is 0 Å². The summed E-state index contributed by atoms with van der Waals surface area (Å²) in [5, 5.41) is 12.7. The predicted octanol–water partition coefficient (Wildman–Crippen LogP) is 4.25. The summed E-state index contributed by atoms with van der Waals surface area (Å²) in [5.41, 5.74) is 2.92. The van der Waals surface area contributed by atoms with Gasteiger partial charge in [-0.2, -0.15) is 5.26 Å². The van der Waals surface area contributed by atoms with Crippen molar-refractivity contribution >= 4 is 5.69 Å². The molecule has 2 rings (SSSR count). The van der Waals surface area contributed by atoms with Gasteiger partial charge in [-0.1, -0.05) is 25.8 Å². The van der Waals surface area contributed by atoms with Crippen LogP contribution in [0.3, 0.4) is 0 Å². The van der Waals surface area contributed by atoms with Crippen LogP contribution in [0, 0.1) is 24.2 Å². The molecule has 2 nitrogen and oxygen atoms in total. The van der Waals surface area contributed by atoms with Gasteiger partial charge in [0.15, 0.2) is 0 Å². The number of benzene rings is 1. The molecular weight excluding hydrogens is 220 g/mol. The molecule has 1 N–H and O–H groups in total. The number of hydrogen-bond donors (Lipinski definition) is 1. The Balaban J connectivity index is 2.07. The highest BCUT2D eigenvalue weighted by atomic mass is 14.9. The van der Waals surface area contributed by atoms with Crippen LogP contribution < -0.4 is 5.32 Å². The van der Waals surface area contributed by atoms with Crippen molar-refractivity contribution in [3.05, 3.63) is 29.3 Å². The molecule has 96 valence electrons. The zero-order chi connectivity index (χ0) is 13.0. The van der Waals surface area contributed by atoms with Crippen LogP contribution in [0.25, 0.3) is 0 Å². The molecule has 1 aromatic rings. The molecule has 1 aliphatic carbocycles. The van der Waals surface area contributed by atoms with E-state index in [-0.39, 0.29) is 0 Å². The lowest BCUT2D eigenvalue weighted by atomic mass is 10.0. The lowest BCUT2D eigenvalue weighted by Gasteiger charge is -2.19. The largest absolute Gasteiger partial charge is 0.381 e. The van der Waals surface area contributed by atoms with Gasteiger partial charge in [0.2, 0.25) is 0 Å². The second-order valence-electron chi connectivity index (χ2n) is 5.62. The highest BCUT2D eigenvalue weighted by molar-refractivity contribution is 5.59. The van der Waals surface area contributed by atoms with Gasteiger partial charge in [0, 0.05) is 6.04 Å². The van der Waals surface area contributed by atoms with Crippen molar-refractivity contribution < 1.29 is 0 Å². The van der Waals surface area contributed by atoms with Crippen LogP contribution in [0.1, 0.15) is 50.2 Å². The van der Waals surface area contributed by atoms with Gasteiger partial charge in [0.25, 0.3) is 0 Å². The van der Waals surface area contributed by atoms with E-state index in [0.29, 0.717) is 6.04 Å². The van der Waals surface area contributed by atoms with Crippen molar-refractivity contribution in [2.45, 2.75) is 52.0 Å². The fourth-order valence-corrected chi connectivity index (χ4v) is 2.73. The van der Waals surface area contributed by atoms with Crippen molar-refractivity contribution in [2.75, 3.05) is 5.32 Å². The van der Waals surface area contributed by atoms with Crippen molar-refractivity contribution in [3.8, 4) is 6.07 Å². The van der Waals surface area contributed by atoms with Gasteiger partial charge in [0.05, 0.1) is 11.3 Å². The summed E-state index contributed by atoms with van der Waals surface area (Å²) in [4.78, 5) is 0. The molecule has 1 aliphatic rings. The van der Waals surface area contributed by atoms with E-state index in [2.05, 4.69) is 24.4 Å². The van der Waals surface area contributed by atoms with E-state index in [1.54, 1.807) is 0 Å². The summed E-state index contributed by atoms with van der Waals surface area (Å²) < 4.78 is 0. The Kier molecular flexibility index (Phi) is 4.25. The summed E-state index contributed by atoms with van der Waals surface area (Å²) in [6, 6.07) is 8.90. The molecule has 0 radical (unpaired) electrons. The molecule has 0 saturated heterocycles. The topological polar surface area (TPSA) is 35.8 Å². The first-order chi connectivity index (χ1) is 8.69. The summed E-state index contributed by atoms with van der Waals surface area (Å²) in [5.74, 6) is 0.852. The van der Waals surface area contributed by atoms with E-state index in [1.807, 2.05) is 19.1 Å². The smallest absolute Gasteiger partial charge is 0.101 e. The van der Waals surface area contributed by atoms with E-state index < -0.39 is 0 Å². The van der Waals surface area contributed by atoms with Crippen molar-refractivity contribution in [3.63, 3.8) is 0 Å². The van der Waals surface area contributed by atoms with E-state index in [4.69, 9.17) is 0 Å². The molecule has 1 fully saturated rings. The van der Waals surface area contributed by atoms with Gasteiger partial charge < -0.3 is 5.32 Å². The Bertz CT molecular complexity index is 445. The zero-order valence-electron chi connectivity index (χ0n) is 11.4. The maximum atomic E-state index is 9.18. The minimum atomic E-state index is 0.532. The Morgan fingerprint density at radius 2 is 2.06 bits per heavy atom. The third kappa shape index (κ3) is 3.26. The first kappa shape index (κ1) is 13.0. The highest BCUT2D eigenvalue weighted by Gasteiger charge is 2.16. The van der Waals surface area contributed by atoms with E-state index in [1.165, 1.54) is 32.1 Å². The summed E-state index contributed by atoms with van der Waals surface area (Å²) >= 11 is 0. The van der Waals surface area contributed by atoms with Crippen molar-refractivity contribution in [1.82, 2.24) is 0 Å². The number of aryl methyl sites for hydroxylation is 1. The van der Waals surface area contributed by atoms with Crippen LogP contribution in [0.4, 0.5) is 5.69 Å². The fourth-order valence-electron chi connectivity index (χ4n) is 2.73. The molecule has 2 heteroatoms. The molecule has 1 aromatic carbocycles. The number of rotatable bonds is 2. The van der Waals surface area contributed by atoms with Gasteiger partial charge in [0.1, 0.15) is 6.07 Å². The summed E-state index contributed by atoms with van der Waals surface area (Å²) in [6.45, 7) is 4.37. The maximum absolute atomic E-state index is 9.18. The van der Waals surface area contributed by atoms with Gasteiger partial charge in [-0.05, 0) is 49.8 Å². The van der Waals surface area contributed by atoms with Gasteiger partial charge >= 0.3 is 0 Å². The summed E-state index contributed by atoms with van der Waals surface area (Å²) in [6.07, 6.45) is 6.39. The third-order valence-electron chi connectivity index (χ3n) is 3.91. The highest BCUT2D eigenvalue weighted by Crippen LogP contribution is 2.26. The lowest BCUT2D eigenvalue weighted by molar-refractivity contribution is 0.502. The molecule has 0 bridgehead atoms. The monoisotopic (exact) mass is 242 g/mol. The second kappa shape index (κ2) is 5.91. The maximum Gasteiger partial charge on any atom is 0.101 e. The molecule has 0 aliphatic heterocycles. The first-order valence-electron chi connectivity index (χ1n) is 6.96. The predicted molar refractivity (Wildman–Crippen MR) is 75.6 cm³/mol. The Hall–Kier alpha value is -1.49. The van der Waals surface area contributed by atoms with E-state index >= 15 is 0 Å². The molecule has 0 heterocycles. The van der Waals surface area contributed by atoms with Crippen LogP contribution in [0.15, 0.2) is 18.2 Å². The Labute approximate surface area is 110 Å². The van der Waals surface area contributed by atoms with Gasteiger partial charge in [-0.15, -0.1) is 0 Å². The minimum absolute atomic E-state index is 0.532. The number of nitrogens with zero attached hydrogens (tertiary/aromatic N) is 1. The average Bonchev–Trinajstić information content (AvgIpc) is 2.56. The standard InChI is InChI=1S/C16H22N2/c1-12-4-3-5-15(8-6-12)18-16-9-7-13(2)10-14(16)11-17/h7,9-10,12,15,18H,3-6,8H2,1-2H3. The van der Waals surface area contributed by atoms with Crippen molar-refractivity contribution in [1.29, 1.82) is 5.26 Å². The van der Waals surface area contributed by atoms with Crippen molar-refractivity contribution in [2.24, 2.45) is 5.92 Å². The lowest BCUT2D eigenvalue weighted by Crippen LogP contribution is -2.19. The fraction of sp³-hybridized carbons (Fsp3) is 0.562. The first-order valence-corrected chi connectivity index (χ1v) is 6.96. The SMILES string of the molecule is Cc1ccc(NC2CCCC(C)CC2)c(C#N)c1. The number of nitriles is 1. The molecule has 2 unspecified atom stereocenters. The van der Waals surface area contributed by atoms with E-state index in [0.717, 1.165) is 22.7 Å². The molecule has 0 spiro atoms. The molecule has 0 amide bonds. The normalized spacial score (nSPS) is 24.1. The summed E-state index contributed by atoms with van der Waals surface area (Å²) in [7, 11) is 0.